The van der Waals surface area contributed by atoms with Crippen molar-refractivity contribution in [1.82, 2.24) is 9.80 Å². The van der Waals surface area contributed by atoms with Gasteiger partial charge in [-0.15, -0.1) is 18.3 Å². The summed E-state index contributed by atoms with van der Waals surface area (Å²) in [5.74, 6) is -2.60. The van der Waals surface area contributed by atoms with Crippen molar-refractivity contribution in [2.24, 2.45) is 17.3 Å². The fraction of sp³-hybridized carbons (Fsp3) is 0.808. The van der Waals surface area contributed by atoms with Gasteiger partial charge in [0.25, 0.3) is 0 Å². The minimum atomic E-state index is -0.929. The number of aliphatic hydroxyl groups is 1. The van der Waals surface area contributed by atoms with Crippen molar-refractivity contribution < 1.29 is 24.6 Å². The summed E-state index contributed by atoms with van der Waals surface area (Å²) in [4.78, 5) is 43.9. The maximum absolute atomic E-state index is 14.4. The molecule has 0 saturated carbocycles. The molecule has 2 N–H and O–H groups in total. The van der Waals surface area contributed by atoms with E-state index in [2.05, 4.69) is 41.2 Å². The van der Waals surface area contributed by atoms with E-state index < -0.39 is 34.1 Å². The Labute approximate surface area is 208 Å². The largest absolute Gasteiger partial charge is 0.481 e. The first kappa shape index (κ1) is 27.1. The van der Waals surface area contributed by atoms with Gasteiger partial charge in [0.15, 0.2) is 0 Å². The highest BCUT2D eigenvalue weighted by atomic mass is 32.2. The van der Waals surface area contributed by atoms with E-state index in [4.69, 9.17) is 5.11 Å². The van der Waals surface area contributed by atoms with Crippen molar-refractivity contribution >= 4 is 29.5 Å². The van der Waals surface area contributed by atoms with Gasteiger partial charge in [0, 0.05) is 30.5 Å². The Morgan fingerprint density at radius 2 is 1.91 bits per heavy atom. The Bertz CT molecular complexity index is 822. The summed E-state index contributed by atoms with van der Waals surface area (Å²) in [5.41, 5.74) is -0.466. The average molecular weight is 495 g/mol. The Morgan fingerprint density at radius 1 is 1.24 bits per heavy atom. The second-order valence-corrected chi connectivity index (χ2v) is 13.6. The van der Waals surface area contributed by atoms with Crippen molar-refractivity contribution in [3.05, 3.63) is 12.7 Å². The molecule has 2 bridgehead atoms. The number of hydrogen-bond donors (Lipinski definition) is 2. The molecule has 3 aliphatic rings. The minimum Gasteiger partial charge on any atom is -0.481 e. The van der Waals surface area contributed by atoms with Crippen LogP contribution >= 0.6 is 11.8 Å². The van der Waals surface area contributed by atoms with Gasteiger partial charge in [-0.25, -0.2) is 0 Å². The Morgan fingerprint density at radius 3 is 2.47 bits per heavy atom. The summed E-state index contributed by atoms with van der Waals surface area (Å²) in [6.07, 6.45) is 6.00. The highest BCUT2D eigenvalue weighted by molar-refractivity contribution is 8.02. The van der Waals surface area contributed by atoms with E-state index in [9.17, 15) is 19.5 Å². The van der Waals surface area contributed by atoms with Crippen LogP contribution in [0.1, 0.15) is 73.1 Å². The number of thioether (sulfide) groups is 1. The molecular weight excluding hydrogens is 452 g/mol. The lowest BCUT2D eigenvalue weighted by atomic mass is 9.71. The number of hydrogen-bond acceptors (Lipinski definition) is 5. The lowest BCUT2D eigenvalue weighted by molar-refractivity contribution is -0.149. The molecule has 3 aliphatic heterocycles. The fourth-order valence-electron chi connectivity index (χ4n) is 6.83. The van der Waals surface area contributed by atoms with Crippen LogP contribution in [0, 0.1) is 17.3 Å². The molecule has 8 heteroatoms. The maximum atomic E-state index is 14.4. The number of carbonyl (C=O) groups is 3. The summed E-state index contributed by atoms with van der Waals surface area (Å²) in [7, 11) is 0. The molecule has 0 aromatic heterocycles. The van der Waals surface area contributed by atoms with Gasteiger partial charge in [0.1, 0.15) is 6.04 Å². The second-order valence-electron chi connectivity index (χ2n) is 12.0. The molecule has 3 heterocycles. The number of unbranched alkanes of at least 4 members (excludes halogenated alkanes) is 2. The molecule has 2 amide bonds. The van der Waals surface area contributed by atoms with Gasteiger partial charge < -0.3 is 20.0 Å². The molecule has 0 radical (unpaired) electrons. The number of nitrogens with zero attached hydrogens (tertiary/aromatic N) is 2. The zero-order valence-corrected chi connectivity index (χ0v) is 22.2. The van der Waals surface area contributed by atoms with E-state index in [1.165, 1.54) is 0 Å². The van der Waals surface area contributed by atoms with Crippen molar-refractivity contribution in [2.45, 2.75) is 94.7 Å². The molecule has 34 heavy (non-hydrogen) atoms. The molecule has 192 valence electrons. The van der Waals surface area contributed by atoms with Gasteiger partial charge in [-0.2, -0.15) is 0 Å². The molecular formula is C26H42N2O5S. The quantitative estimate of drug-likeness (QED) is 0.337. The average Bonchev–Trinajstić information content (AvgIpc) is 3.34. The van der Waals surface area contributed by atoms with Crippen LogP contribution in [0.3, 0.4) is 0 Å². The second kappa shape index (κ2) is 9.84. The zero-order valence-electron chi connectivity index (χ0n) is 21.4. The topological polar surface area (TPSA) is 98.2 Å². The zero-order chi connectivity index (χ0) is 25.5. The van der Waals surface area contributed by atoms with Gasteiger partial charge in [-0.1, -0.05) is 26.8 Å². The van der Waals surface area contributed by atoms with E-state index in [-0.39, 0.29) is 29.1 Å². The molecule has 2 unspecified atom stereocenters. The molecule has 3 rings (SSSR count). The molecule has 5 atom stereocenters. The van der Waals surface area contributed by atoms with Crippen molar-refractivity contribution in [3.8, 4) is 0 Å². The van der Waals surface area contributed by atoms with E-state index in [0.29, 0.717) is 32.4 Å². The monoisotopic (exact) mass is 494 g/mol. The SMILES string of the molecule is C=CCN(C(=O)C1N(CCCCCO)C(=O)[C@@H]2[C@@H](C(=O)O)[C@H]3CCC12S3)C(C)(C)CC(C)(C)C. The standard InChI is InChI=1S/C26H42N2O5S/c1-7-13-28(25(5,6)16-24(2,3)4)22(31)20-26-12-11-17(34-26)18(23(32)33)19(26)21(30)27(20)14-9-8-10-15-29/h7,17-20,29H,1,8-16H2,2-6H3,(H,32,33)/t17-,18+,19+,20?,26?/m1/s1. The van der Waals surface area contributed by atoms with Crippen LogP contribution in [-0.4, -0.2) is 79.1 Å². The number of aliphatic hydroxyl groups excluding tert-OH is 1. The minimum absolute atomic E-state index is 0.00549. The van der Waals surface area contributed by atoms with Crippen LogP contribution in [0.2, 0.25) is 0 Å². The number of carboxylic acids is 1. The van der Waals surface area contributed by atoms with Crippen LogP contribution in [-0.2, 0) is 14.4 Å². The summed E-state index contributed by atoms with van der Waals surface area (Å²) < 4.78 is -0.684. The number of likely N-dealkylation sites (tertiary alicyclic amines) is 1. The van der Waals surface area contributed by atoms with Gasteiger partial charge >= 0.3 is 5.97 Å². The number of carboxylic acid groups (broad SMARTS) is 1. The van der Waals surface area contributed by atoms with Crippen molar-refractivity contribution in [2.75, 3.05) is 19.7 Å². The fourth-order valence-corrected chi connectivity index (χ4v) is 9.04. The molecule has 0 aromatic carbocycles. The summed E-state index contributed by atoms with van der Waals surface area (Å²) >= 11 is 1.58. The third-order valence-electron chi connectivity index (χ3n) is 7.65. The summed E-state index contributed by atoms with van der Waals surface area (Å²) in [5, 5.41) is 19.0. The van der Waals surface area contributed by atoms with Crippen LogP contribution in [0.4, 0.5) is 0 Å². The smallest absolute Gasteiger partial charge is 0.308 e. The van der Waals surface area contributed by atoms with Crippen molar-refractivity contribution in [3.63, 3.8) is 0 Å². The first-order chi connectivity index (χ1) is 15.8. The summed E-state index contributed by atoms with van der Waals surface area (Å²) in [6, 6.07) is -0.669. The first-order valence-electron chi connectivity index (χ1n) is 12.5. The van der Waals surface area contributed by atoms with Gasteiger partial charge in [-0.3, -0.25) is 14.4 Å². The molecule has 1 spiro atoms. The Kier molecular flexibility index (Phi) is 7.83. The van der Waals surface area contributed by atoms with E-state index in [0.717, 1.165) is 19.3 Å². The molecule has 3 fully saturated rings. The van der Waals surface area contributed by atoms with Crippen LogP contribution in [0.25, 0.3) is 0 Å². The van der Waals surface area contributed by atoms with Crippen LogP contribution in [0.5, 0.6) is 0 Å². The summed E-state index contributed by atoms with van der Waals surface area (Å²) in [6.45, 7) is 15.4. The highest BCUT2D eigenvalue weighted by Gasteiger charge is 2.74. The lowest BCUT2D eigenvalue weighted by Crippen LogP contribution is -2.60. The van der Waals surface area contributed by atoms with E-state index in [1.807, 2.05) is 4.90 Å². The third kappa shape index (κ3) is 4.77. The number of amides is 2. The normalized spacial score (nSPS) is 30.5. The Balaban J connectivity index is 2.01. The van der Waals surface area contributed by atoms with Gasteiger partial charge in [-0.05, 0) is 57.8 Å². The van der Waals surface area contributed by atoms with Crippen LogP contribution < -0.4 is 0 Å². The number of carbonyl (C=O) groups excluding carboxylic acids is 2. The number of aliphatic carboxylic acids is 1. The maximum Gasteiger partial charge on any atom is 0.308 e. The van der Waals surface area contributed by atoms with E-state index in [1.54, 1.807) is 22.7 Å². The predicted octanol–water partition coefficient (Wildman–Crippen LogP) is 3.55. The van der Waals surface area contributed by atoms with Gasteiger partial charge in [0.05, 0.1) is 16.6 Å². The molecule has 0 aliphatic carbocycles. The predicted molar refractivity (Wildman–Crippen MR) is 134 cm³/mol. The first-order valence-corrected chi connectivity index (χ1v) is 13.4. The highest BCUT2D eigenvalue weighted by Crippen LogP contribution is 2.66. The third-order valence-corrected chi connectivity index (χ3v) is 9.60. The molecule has 3 saturated heterocycles. The number of fused-ring (bicyclic) bond motifs is 1. The van der Waals surface area contributed by atoms with Crippen molar-refractivity contribution in [1.29, 1.82) is 0 Å². The van der Waals surface area contributed by atoms with Crippen LogP contribution in [0.15, 0.2) is 12.7 Å². The Hall–Kier alpha value is -1.54. The molecule has 0 aromatic rings. The number of rotatable bonds is 11. The lowest BCUT2D eigenvalue weighted by Gasteiger charge is -2.46. The molecule has 7 nitrogen and oxygen atoms in total. The van der Waals surface area contributed by atoms with Gasteiger partial charge in [0.2, 0.25) is 11.8 Å². The van der Waals surface area contributed by atoms with E-state index >= 15 is 0 Å².